The fourth-order valence-electron chi connectivity index (χ4n) is 2.67. The van der Waals surface area contributed by atoms with Gasteiger partial charge in [0, 0.05) is 7.26 Å². The summed E-state index contributed by atoms with van der Waals surface area (Å²) in [7, 11) is -0.879. The molecule has 2 N–H and O–H groups in total. The Morgan fingerprint density at radius 3 is 1.80 bits per heavy atom. The zero-order chi connectivity index (χ0) is 14.7. The molecule has 0 aliphatic rings. The number of unbranched alkanes of at least 4 members (excludes halogenated alkanes) is 7. The lowest BCUT2D eigenvalue weighted by Crippen LogP contribution is -2.11. The van der Waals surface area contributed by atoms with Crippen molar-refractivity contribution in [3.63, 3.8) is 0 Å². The van der Waals surface area contributed by atoms with Gasteiger partial charge in [0.05, 0.1) is 24.8 Å². The molecule has 0 bridgehead atoms. The summed E-state index contributed by atoms with van der Waals surface area (Å²) in [6.45, 7) is 5.82. The maximum atomic E-state index is 5.50. The van der Waals surface area contributed by atoms with Crippen LogP contribution in [0.4, 0.5) is 0 Å². The predicted molar refractivity (Wildman–Crippen MR) is 95.7 cm³/mol. The highest BCUT2D eigenvalue weighted by molar-refractivity contribution is 7.81. The normalized spacial score (nSPS) is 11.8. The molecule has 0 saturated carbocycles. The van der Waals surface area contributed by atoms with Gasteiger partial charge in [0.15, 0.2) is 0 Å². The van der Waals surface area contributed by atoms with Crippen LogP contribution in [0.3, 0.4) is 0 Å². The van der Waals surface area contributed by atoms with Crippen LogP contribution in [-0.2, 0) is 0 Å². The van der Waals surface area contributed by atoms with Crippen LogP contribution in [0.5, 0.6) is 0 Å². The molecule has 0 aromatic heterocycles. The second-order valence-electron chi connectivity index (χ2n) is 6.36. The van der Waals surface area contributed by atoms with Crippen LogP contribution in [0.25, 0.3) is 0 Å². The highest BCUT2D eigenvalue weighted by atomic mass is 31.2. The van der Waals surface area contributed by atoms with Crippen LogP contribution in [0.1, 0.15) is 51.4 Å². The van der Waals surface area contributed by atoms with Gasteiger partial charge in [-0.05, 0) is 37.9 Å². The second-order valence-corrected chi connectivity index (χ2v) is 10.7. The van der Waals surface area contributed by atoms with E-state index in [9.17, 15) is 0 Å². The molecule has 0 unspecified atom stereocenters. The van der Waals surface area contributed by atoms with Crippen molar-refractivity contribution in [2.45, 2.75) is 51.4 Å². The summed E-state index contributed by atoms with van der Waals surface area (Å²) in [6.07, 6.45) is 12.3. The van der Waals surface area contributed by atoms with E-state index in [2.05, 4.69) is 43.7 Å². The van der Waals surface area contributed by atoms with Gasteiger partial charge in [-0.25, -0.2) is 0 Å². The van der Waals surface area contributed by atoms with Gasteiger partial charge in [-0.2, -0.15) is 0 Å². The van der Waals surface area contributed by atoms with Crippen LogP contribution in [0.15, 0.2) is 30.3 Å². The minimum atomic E-state index is -0.879. The van der Waals surface area contributed by atoms with Crippen molar-refractivity contribution in [1.82, 2.24) is 0 Å². The number of benzene rings is 1. The van der Waals surface area contributed by atoms with E-state index in [-0.39, 0.29) is 0 Å². The van der Waals surface area contributed by atoms with Crippen molar-refractivity contribution >= 4 is 12.6 Å². The molecule has 0 saturated heterocycles. The maximum Gasteiger partial charge on any atom is 0.0933 e. The molecule has 20 heavy (non-hydrogen) atoms. The zero-order valence-corrected chi connectivity index (χ0v) is 14.4. The molecule has 2 heteroatoms. The Hall–Kier alpha value is -0.390. The average Bonchev–Trinajstić information content (AvgIpc) is 2.46. The minimum absolute atomic E-state index is 0.859. The molecule has 0 spiro atoms. The first-order valence-electron chi connectivity index (χ1n) is 8.25. The largest absolute Gasteiger partial charge is 0.330 e. The van der Waals surface area contributed by atoms with Crippen LogP contribution in [-0.4, -0.2) is 26.0 Å². The number of hydrogen-bond acceptors (Lipinski definition) is 1. The molecule has 1 nitrogen and oxygen atoms in total. The summed E-state index contributed by atoms with van der Waals surface area (Å²) in [5, 5.41) is 1.58. The smallest absolute Gasteiger partial charge is 0.0933 e. The SMILES string of the molecule is C[P+](C)(CCCCCCCCCCN)c1ccccc1. The monoisotopic (exact) mass is 294 g/mol. The summed E-state index contributed by atoms with van der Waals surface area (Å²) in [6, 6.07) is 11.1. The molecular weight excluding hydrogens is 261 g/mol. The van der Waals surface area contributed by atoms with E-state index in [0.29, 0.717) is 0 Å². The molecule has 1 aromatic rings. The lowest BCUT2D eigenvalue weighted by Gasteiger charge is -2.17. The highest BCUT2D eigenvalue weighted by Gasteiger charge is 2.26. The number of hydrogen-bond donors (Lipinski definition) is 1. The predicted octanol–water partition coefficient (Wildman–Crippen LogP) is 4.67. The fourth-order valence-corrected chi connectivity index (χ4v) is 4.92. The average molecular weight is 294 g/mol. The first kappa shape index (κ1) is 17.7. The van der Waals surface area contributed by atoms with E-state index < -0.39 is 7.26 Å². The van der Waals surface area contributed by atoms with Crippen molar-refractivity contribution in [3.8, 4) is 0 Å². The van der Waals surface area contributed by atoms with E-state index >= 15 is 0 Å². The number of rotatable bonds is 11. The van der Waals surface area contributed by atoms with E-state index in [0.717, 1.165) is 6.54 Å². The molecule has 0 atom stereocenters. The summed E-state index contributed by atoms with van der Waals surface area (Å²) in [5.74, 6) is 0. The second kappa shape index (κ2) is 10.4. The summed E-state index contributed by atoms with van der Waals surface area (Å²) in [4.78, 5) is 0. The van der Waals surface area contributed by atoms with Gasteiger partial charge in [-0.3, -0.25) is 0 Å². The van der Waals surface area contributed by atoms with Gasteiger partial charge in [-0.15, -0.1) is 0 Å². The van der Waals surface area contributed by atoms with Crippen LogP contribution >= 0.6 is 7.26 Å². The third-order valence-corrected chi connectivity index (χ3v) is 7.26. The maximum absolute atomic E-state index is 5.50. The van der Waals surface area contributed by atoms with E-state index in [1.807, 2.05) is 0 Å². The van der Waals surface area contributed by atoms with E-state index in [1.54, 1.807) is 5.30 Å². The molecule has 1 aromatic carbocycles. The topological polar surface area (TPSA) is 26.0 Å². The molecule has 0 radical (unpaired) electrons. The molecular formula is C18H33NP+. The summed E-state index contributed by atoms with van der Waals surface area (Å²) in [5.41, 5.74) is 5.50. The van der Waals surface area contributed by atoms with Gasteiger partial charge < -0.3 is 5.73 Å². The quantitative estimate of drug-likeness (QED) is 0.466. The third kappa shape index (κ3) is 7.41. The van der Waals surface area contributed by atoms with Crippen molar-refractivity contribution < 1.29 is 0 Å². The van der Waals surface area contributed by atoms with Crippen molar-refractivity contribution in [2.24, 2.45) is 5.73 Å². The van der Waals surface area contributed by atoms with E-state index in [4.69, 9.17) is 5.73 Å². The van der Waals surface area contributed by atoms with Crippen molar-refractivity contribution in [1.29, 1.82) is 0 Å². The summed E-state index contributed by atoms with van der Waals surface area (Å²) >= 11 is 0. The Labute approximate surface area is 126 Å². The molecule has 0 heterocycles. The van der Waals surface area contributed by atoms with Crippen LogP contribution < -0.4 is 11.0 Å². The minimum Gasteiger partial charge on any atom is -0.330 e. The van der Waals surface area contributed by atoms with Gasteiger partial charge in [-0.1, -0.05) is 50.3 Å². The van der Waals surface area contributed by atoms with Gasteiger partial charge >= 0.3 is 0 Å². The standard InChI is InChI=1S/C18H33NP/c1-20(2,18-14-10-9-11-15-18)17-13-8-6-4-3-5-7-12-16-19/h9-11,14-15H,3-8,12-13,16-17,19H2,1-2H3/q+1. The van der Waals surface area contributed by atoms with Crippen molar-refractivity contribution in [2.75, 3.05) is 26.0 Å². The molecule has 0 fully saturated rings. The lowest BCUT2D eigenvalue weighted by atomic mass is 10.1. The fraction of sp³-hybridized carbons (Fsp3) is 0.667. The van der Waals surface area contributed by atoms with E-state index in [1.165, 1.54) is 57.5 Å². The third-order valence-electron chi connectivity index (χ3n) is 4.13. The Morgan fingerprint density at radius 2 is 1.25 bits per heavy atom. The molecule has 0 amide bonds. The first-order chi connectivity index (χ1) is 9.67. The Morgan fingerprint density at radius 1 is 0.750 bits per heavy atom. The first-order valence-corrected chi connectivity index (χ1v) is 11.1. The van der Waals surface area contributed by atoms with Gasteiger partial charge in [0.1, 0.15) is 0 Å². The summed E-state index contributed by atoms with van der Waals surface area (Å²) < 4.78 is 0. The zero-order valence-electron chi connectivity index (χ0n) is 13.5. The number of nitrogens with two attached hydrogens (primary N) is 1. The Bertz CT molecular complexity index is 335. The van der Waals surface area contributed by atoms with Crippen molar-refractivity contribution in [3.05, 3.63) is 30.3 Å². The molecule has 1 rings (SSSR count). The molecule has 114 valence electrons. The molecule has 0 aliphatic heterocycles. The van der Waals surface area contributed by atoms with Gasteiger partial charge in [0.25, 0.3) is 0 Å². The highest BCUT2D eigenvalue weighted by Crippen LogP contribution is 2.50. The van der Waals surface area contributed by atoms with Gasteiger partial charge in [0.2, 0.25) is 0 Å². The Balaban J connectivity index is 2.06. The van der Waals surface area contributed by atoms with Crippen LogP contribution in [0.2, 0.25) is 0 Å². The Kier molecular flexibility index (Phi) is 9.14. The molecule has 0 aliphatic carbocycles. The van der Waals surface area contributed by atoms with Crippen LogP contribution in [0, 0.1) is 0 Å². The lowest BCUT2D eigenvalue weighted by molar-refractivity contribution is 0.579.